The Morgan fingerprint density at radius 3 is 2.89 bits per heavy atom. The molecule has 1 aromatic carbocycles. The van der Waals surface area contributed by atoms with Gasteiger partial charge in [-0.15, -0.1) is 0 Å². The molecule has 0 saturated carbocycles. The molecular formula is C19H23N2O6+. The average molecular weight is 375 g/mol. The fourth-order valence-electron chi connectivity index (χ4n) is 2.67. The minimum absolute atomic E-state index is 0.0481. The van der Waals surface area contributed by atoms with Gasteiger partial charge in [0, 0.05) is 11.6 Å². The number of benzene rings is 1. The molecule has 0 fully saturated rings. The number of hydrogen-bond acceptors (Lipinski definition) is 7. The van der Waals surface area contributed by atoms with Gasteiger partial charge in [-0.2, -0.15) is 4.58 Å². The van der Waals surface area contributed by atoms with Gasteiger partial charge in [-0.1, -0.05) is 19.4 Å². The van der Waals surface area contributed by atoms with E-state index in [0.717, 1.165) is 12.8 Å². The first-order valence-corrected chi connectivity index (χ1v) is 8.87. The van der Waals surface area contributed by atoms with Crippen molar-refractivity contribution >= 4 is 18.2 Å². The largest absolute Gasteiger partial charge is 0.463 e. The van der Waals surface area contributed by atoms with Crippen LogP contribution in [0.15, 0.2) is 30.5 Å². The summed E-state index contributed by atoms with van der Waals surface area (Å²) < 4.78 is 22.9. The van der Waals surface area contributed by atoms with E-state index in [0.29, 0.717) is 17.1 Å². The van der Waals surface area contributed by atoms with Crippen LogP contribution in [0.2, 0.25) is 0 Å². The van der Waals surface area contributed by atoms with Crippen LogP contribution < -0.4 is 15.2 Å². The second kappa shape index (κ2) is 8.68. The molecule has 2 unspecified atom stereocenters. The highest BCUT2D eigenvalue weighted by Crippen LogP contribution is 2.35. The molecule has 27 heavy (non-hydrogen) atoms. The molecule has 0 bridgehead atoms. The summed E-state index contributed by atoms with van der Waals surface area (Å²) in [5.41, 5.74) is 6.19. The van der Waals surface area contributed by atoms with Crippen molar-refractivity contribution in [3.05, 3.63) is 36.0 Å². The van der Waals surface area contributed by atoms with Crippen molar-refractivity contribution in [1.82, 2.24) is 0 Å². The Morgan fingerprint density at radius 2 is 2.15 bits per heavy atom. The van der Waals surface area contributed by atoms with Crippen LogP contribution in [0.25, 0.3) is 0 Å². The van der Waals surface area contributed by atoms with Gasteiger partial charge in [0.1, 0.15) is 6.04 Å². The lowest BCUT2D eigenvalue weighted by molar-refractivity contribution is -0.440. The van der Waals surface area contributed by atoms with Crippen molar-refractivity contribution in [2.45, 2.75) is 31.9 Å². The molecule has 8 heteroatoms. The monoisotopic (exact) mass is 375 g/mol. The molecule has 3 rings (SSSR count). The Morgan fingerprint density at radius 1 is 1.33 bits per heavy atom. The lowest BCUT2D eigenvalue weighted by Crippen LogP contribution is -2.27. The second-order valence-corrected chi connectivity index (χ2v) is 6.24. The summed E-state index contributed by atoms with van der Waals surface area (Å²) in [7, 11) is 0. The van der Waals surface area contributed by atoms with Gasteiger partial charge in [-0.25, -0.2) is 9.59 Å². The molecule has 1 aromatic rings. The molecule has 0 saturated heterocycles. The standard InChI is InChI=1S/C19H23N2O6/c1-2-3-8-24-19(23)18(13-4-5-15-16(9-13)26-12-25-15)27-17(22)11-21-7-6-14(20)10-21/h4-7,9-10,14,18H,2-3,8,11-12,20H2,1H3/q+1. The normalized spacial score (nSPS) is 18.1. The first kappa shape index (κ1) is 18.9. The van der Waals surface area contributed by atoms with Crippen LogP contribution >= 0.6 is 0 Å². The third-order valence-electron chi connectivity index (χ3n) is 4.08. The van der Waals surface area contributed by atoms with Gasteiger partial charge in [0.25, 0.3) is 0 Å². The molecule has 0 radical (unpaired) electrons. The lowest BCUT2D eigenvalue weighted by Gasteiger charge is -2.17. The highest BCUT2D eigenvalue weighted by molar-refractivity contribution is 5.81. The van der Waals surface area contributed by atoms with E-state index < -0.39 is 18.0 Å². The van der Waals surface area contributed by atoms with Crippen molar-refractivity contribution in [2.24, 2.45) is 5.73 Å². The van der Waals surface area contributed by atoms with Gasteiger partial charge < -0.3 is 24.7 Å². The number of unbranched alkanes of at least 4 members (excludes halogenated alkanes) is 1. The third kappa shape index (κ3) is 4.85. The SMILES string of the molecule is CCCCOC(=O)C(OC(=O)C[N+]1=CC(N)C=C1)c1ccc2c(c1)OCO2. The fraction of sp³-hybridized carbons (Fsp3) is 0.421. The zero-order chi connectivity index (χ0) is 19.2. The van der Waals surface area contributed by atoms with Crippen molar-refractivity contribution in [3.8, 4) is 11.5 Å². The molecule has 0 amide bonds. The number of rotatable bonds is 8. The molecule has 2 atom stereocenters. The van der Waals surface area contributed by atoms with Gasteiger partial charge >= 0.3 is 11.9 Å². The number of fused-ring (bicyclic) bond motifs is 1. The van der Waals surface area contributed by atoms with Crippen LogP contribution in [0.5, 0.6) is 11.5 Å². The van der Waals surface area contributed by atoms with E-state index in [-0.39, 0.29) is 26.0 Å². The number of esters is 2. The van der Waals surface area contributed by atoms with Crippen LogP contribution in [-0.2, 0) is 19.1 Å². The predicted molar refractivity (Wildman–Crippen MR) is 95.6 cm³/mol. The predicted octanol–water partition coefficient (Wildman–Crippen LogP) is 1.28. The highest BCUT2D eigenvalue weighted by atomic mass is 16.7. The summed E-state index contributed by atoms with van der Waals surface area (Å²) in [5, 5.41) is 0. The van der Waals surface area contributed by atoms with E-state index >= 15 is 0 Å². The van der Waals surface area contributed by atoms with Gasteiger partial charge in [0.15, 0.2) is 23.9 Å². The number of carbonyl (C=O) groups excluding carboxylic acids is 2. The first-order chi connectivity index (χ1) is 13.1. The maximum atomic E-state index is 12.5. The fourth-order valence-corrected chi connectivity index (χ4v) is 2.67. The number of nitrogens with zero attached hydrogens (tertiary/aromatic N) is 1. The lowest BCUT2D eigenvalue weighted by atomic mass is 10.1. The van der Waals surface area contributed by atoms with E-state index in [2.05, 4.69) is 0 Å². The van der Waals surface area contributed by atoms with E-state index in [1.807, 2.05) is 6.92 Å². The van der Waals surface area contributed by atoms with E-state index in [1.165, 1.54) is 0 Å². The quantitative estimate of drug-likeness (QED) is 0.415. The maximum Gasteiger partial charge on any atom is 0.373 e. The Labute approximate surface area is 157 Å². The Balaban J connectivity index is 1.73. The van der Waals surface area contributed by atoms with Crippen molar-refractivity contribution in [1.29, 1.82) is 0 Å². The second-order valence-electron chi connectivity index (χ2n) is 6.24. The van der Waals surface area contributed by atoms with Gasteiger partial charge in [-0.3, -0.25) is 0 Å². The van der Waals surface area contributed by atoms with E-state index in [1.54, 1.807) is 41.3 Å². The number of nitrogens with two attached hydrogens (primary N) is 1. The van der Waals surface area contributed by atoms with E-state index in [4.69, 9.17) is 24.7 Å². The molecular weight excluding hydrogens is 352 g/mol. The van der Waals surface area contributed by atoms with E-state index in [9.17, 15) is 9.59 Å². The molecule has 0 aromatic heterocycles. The summed E-state index contributed by atoms with van der Waals surface area (Å²) in [6, 6.07) is 4.72. The van der Waals surface area contributed by atoms with Crippen molar-refractivity contribution in [3.63, 3.8) is 0 Å². The summed E-state index contributed by atoms with van der Waals surface area (Å²) in [6.45, 7) is 2.33. The summed E-state index contributed by atoms with van der Waals surface area (Å²) >= 11 is 0. The van der Waals surface area contributed by atoms with Crippen LogP contribution in [-0.4, -0.2) is 48.7 Å². The topological polar surface area (TPSA) is 100 Å². The summed E-state index contributed by atoms with van der Waals surface area (Å²) in [6.07, 6.45) is 5.58. The first-order valence-electron chi connectivity index (χ1n) is 8.87. The van der Waals surface area contributed by atoms with Crippen molar-refractivity contribution < 1.29 is 33.1 Å². The average Bonchev–Trinajstić information content (AvgIpc) is 3.27. The molecule has 2 N–H and O–H groups in total. The van der Waals surface area contributed by atoms with Gasteiger partial charge in [0.2, 0.25) is 19.4 Å². The molecule has 2 aliphatic rings. The van der Waals surface area contributed by atoms with Crippen LogP contribution in [0.1, 0.15) is 31.4 Å². The molecule has 2 heterocycles. The minimum Gasteiger partial charge on any atom is -0.463 e. The zero-order valence-electron chi connectivity index (χ0n) is 15.1. The molecule has 144 valence electrons. The molecule has 8 nitrogen and oxygen atoms in total. The minimum atomic E-state index is -1.18. The Kier molecular flexibility index (Phi) is 6.08. The summed E-state index contributed by atoms with van der Waals surface area (Å²) in [5.74, 6) is -0.112. The third-order valence-corrected chi connectivity index (χ3v) is 4.08. The van der Waals surface area contributed by atoms with Gasteiger partial charge in [-0.05, 0) is 18.6 Å². The number of carbonyl (C=O) groups is 2. The smallest absolute Gasteiger partial charge is 0.373 e. The Hall–Kier alpha value is -2.87. The molecule has 2 aliphatic heterocycles. The summed E-state index contributed by atoms with van der Waals surface area (Å²) in [4.78, 5) is 24.9. The highest BCUT2D eigenvalue weighted by Gasteiger charge is 2.30. The number of ether oxygens (including phenoxy) is 4. The number of hydrogen-bond donors (Lipinski definition) is 1. The Bertz CT molecular complexity index is 773. The van der Waals surface area contributed by atoms with Crippen LogP contribution in [0.3, 0.4) is 0 Å². The van der Waals surface area contributed by atoms with Crippen LogP contribution in [0, 0.1) is 0 Å². The van der Waals surface area contributed by atoms with Crippen molar-refractivity contribution in [2.75, 3.05) is 19.9 Å². The zero-order valence-corrected chi connectivity index (χ0v) is 15.1. The van der Waals surface area contributed by atoms with Crippen LogP contribution in [0.4, 0.5) is 0 Å². The molecule has 0 aliphatic carbocycles. The maximum absolute atomic E-state index is 12.5. The molecule has 0 spiro atoms. The van der Waals surface area contributed by atoms with Gasteiger partial charge in [0.05, 0.1) is 6.61 Å².